The molecule has 2 heterocycles. The van der Waals surface area contributed by atoms with Crippen LogP contribution in [0.5, 0.6) is 0 Å². The monoisotopic (exact) mass is 407 g/mol. The van der Waals surface area contributed by atoms with Gasteiger partial charge in [0.15, 0.2) is 5.11 Å². The fourth-order valence-corrected chi connectivity index (χ4v) is 3.38. The number of rotatable bonds is 2. The highest BCUT2D eigenvalue weighted by Gasteiger charge is 2.35. The molecule has 2 aromatic rings. The molecule has 0 bridgehead atoms. The lowest BCUT2D eigenvalue weighted by Crippen LogP contribution is -2.54. The molecule has 3 rings (SSSR count). The van der Waals surface area contributed by atoms with Crippen LogP contribution in [0.2, 0.25) is 10.0 Å². The molecule has 5 nitrogen and oxygen atoms in total. The van der Waals surface area contributed by atoms with Crippen molar-refractivity contribution >= 4 is 64.1 Å². The second-order valence-electron chi connectivity index (χ2n) is 5.92. The number of benzene rings is 1. The zero-order valence-corrected chi connectivity index (χ0v) is 16.6. The van der Waals surface area contributed by atoms with Gasteiger partial charge >= 0.3 is 0 Å². The summed E-state index contributed by atoms with van der Waals surface area (Å²) >= 11 is 17.5. The molecule has 1 saturated heterocycles. The number of halogens is 2. The van der Waals surface area contributed by atoms with Gasteiger partial charge in [-0.3, -0.25) is 19.8 Å². The van der Waals surface area contributed by atoms with Crippen molar-refractivity contribution in [2.45, 2.75) is 13.8 Å². The summed E-state index contributed by atoms with van der Waals surface area (Å²) < 4.78 is 1.98. The van der Waals surface area contributed by atoms with Gasteiger partial charge in [0.05, 0.1) is 15.7 Å². The van der Waals surface area contributed by atoms with Gasteiger partial charge in [-0.2, -0.15) is 0 Å². The van der Waals surface area contributed by atoms with Gasteiger partial charge < -0.3 is 4.57 Å². The molecular formula is C18H15Cl2N3O2S. The molecular weight excluding hydrogens is 393 g/mol. The van der Waals surface area contributed by atoms with Gasteiger partial charge in [0.1, 0.15) is 5.57 Å². The molecule has 1 N–H and O–H groups in total. The van der Waals surface area contributed by atoms with Crippen molar-refractivity contribution in [2.75, 3.05) is 4.90 Å². The molecule has 1 aliphatic rings. The number of nitrogens with one attached hydrogen (secondary N) is 1. The predicted octanol–water partition coefficient (Wildman–Crippen LogP) is 3.78. The first kappa shape index (κ1) is 18.6. The highest BCUT2D eigenvalue weighted by molar-refractivity contribution is 7.80. The average molecular weight is 408 g/mol. The van der Waals surface area contributed by atoms with Gasteiger partial charge in [0, 0.05) is 18.4 Å². The van der Waals surface area contributed by atoms with E-state index < -0.39 is 11.8 Å². The Morgan fingerprint density at radius 2 is 1.88 bits per heavy atom. The molecule has 0 atom stereocenters. The van der Waals surface area contributed by atoms with E-state index in [1.54, 1.807) is 24.3 Å². The van der Waals surface area contributed by atoms with Gasteiger partial charge in [-0.05, 0) is 55.9 Å². The fourth-order valence-electron chi connectivity index (χ4n) is 2.73. The van der Waals surface area contributed by atoms with E-state index in [4.69, 9.17) is 35.4 Å². The number of aromatic nitrogens is 1. The van der Waals surface area contributed by atoms with Crippen LogP contribution in [0.25, 0.3) is 6.08 Å². The number of aryl methyl sites for hydroxylation is 1. The van der Waals surface area contributed by atoms with Gasteiger partial charge in [-0.25, -0.2) is 0 Å². The second kappa shape index (κ2) is 6.87. The lowest BCUT2D eigenvalue weighted by Gasteiger charge is -2.29. The molecule has 8 heteroatoms. The van der Waals surface area contributed by atoms with E-state index >= 15 is 0 Å². The van der Waals surface area contributed by atoms with E-state index in [1.807, 2.05) is 31.5 Å². The summed E-state index contributed by atoms with van der Waals surface area (Å²) in [6.45, 7) is 3.87. The summed E-state index contributed by atoms with van der Waals surface area (Å²) in [5.74, 6) is -1.10. The quantitative estimate of drug-likeness (QED) is 0.468. The minimum absolute atomic E-state index is 0.0247. The molecule has 1 fully saturated rings. The highest BCUT2D eigenvalue weighted by Crippen LogP contribution is 2.34. The average Bonchev–Trinajstić information content (AvgIpc) is 2.82. The zero-order valence-electron chi connectivity index (χ0n) is 14.3. The SMILES string of the molecule is Cc1cc(C=C2C(=O)NC(=S)N(c3cccc(Cl)c3Cl)C2=O)c(C)n1C. The summed E-state index contributed by atoms with van der Waals surface area (Å²) in [6.07, 6.45) is 1.56. The van der Waals surface area contributed by atoms with E-state index in [1.165, 1.54) is 4.90 Å². The molecule has 1 aromatic carbocycles. The number of hydrogen-bond acceptors (Lipinski definition) is 3. The molecule has 26 heavy (non-hydrogen) atoms. The molecule has 1 aromatic heterocycles. The van der Waals surface area contributed by atoms with Crippen LogP contribution < -0.4 is 10.2 Å². The van der Waals surface area contributed by atoms with Crippen LogP contribution in [0.1, 0.15) is 17.0 Å². The number of hydrogen-bond donors (Lipinski definition) is 1. The van der Waals surface area contributed by atoms with Gasteiger partial charge in [0.2, 0.25) is 0 Å². The van der Waals surface area contributed by atoms with E-state index in [-0.39, 0.29) is 20.7 Å². The van der Waals surface area contributed by atoms with Crippen molar-refractivity contribution in [1.82, 2.24) is 9.88 Å². The number of anilines is 1. The maximum atomic E-state index is 13.0. The highest BCUT2D eigenvalue weighted by atomic mass is 35.5. The largest absolute Gasteiger partial charge is 0.352 e. The molecule has 0 spiro atoms. The lowest BCUT2D eigenvalue weighted by atomic mass is 10.1. The summed E-state index contributed by atoms with van der Waals surface area (Å²) in [6, 6.07) is 6.79. The molecule has 1 aliphatic heterocycles. The zero-order chi connectivity index (χ0) is 19.2. The first-order chi connectivity index (χ1) is 12.2. The van der Waals surface area contributed by atoms with Crippen molar-refractivity contribution in [3.8, 4) is 0 Å². The Labute approximate surface area is 166 Å². The molecule has 134 valence electrons. The third-order valence-corrected chi connectivity index (χ3v) is 5.48. The summed E-state index contributed by atoms with van der Waals surface area (Å²) in [5, 5.41) is 2.97. The fraction of sp³-hybridized carbons (Fsp3) is 0.167. The van der Waals surface area contributed by atoms with Gasteiger partial charge in [0.25, 0.3) is 11.8 Å². The summed E-state index contributed by atoms with van der Waals surface area (Å²) in [5.41, 5.74) is 3.04. The van der Waals surface area contributed by atoms with E-state index in [0.29, 0.717) is 5.69 Å². The summed E-state index contributed by atoms with van der Waals surface area (Å²) in [7, 11) is 1.92. The molecule has 0 unspecified atom stereocenters. The molecule has 0 saturated carbocycles. The van der Waals surface area contributed by atoms with E-state index in [0.717, 1.165) is 17.0 Å². The Balaban J connectivity index is 2.10. The first-order valence-corrected chi connectivity index (χ1v) is 8.87. The maximum Gasteiger partial charge on any atom is 0.270 e. The second-order valence-corrected chi connectivity index (χ2v) is 7.09. The van der Waals surface area contributed by atoms with Crippen molar-refractivity contribution in [2.24, 2.45) is 7.05 Å². The molecule has 0 radical (unpaired) electrons. The molecule has 0 aliphatic carbocycles. The van der Waals surface area contributed by atoms with Crippen molar-refractivity contribution in [3.63, 3.8) is 0 Å². The molecule has 2 amide bonds. The number of carbonyl (C=O) groups excluding carboxylic acids is 2. The third kappa shape index (κ3) is 3.05. The van der Waals surface area contributed by atoms with Crippen LogP contribution in [0.15, 0.2) is 29.8 Å². The van der Waals surface area contributed by atoms with Crippen molar-refractivity contribution in [1.29, 1.82) is 0 Å². The van der Waals surface area contributed by atoms with Gasteiger partial charge in [-0.1, -0.05) is 29.3 Å². The van der Waals surface area contributed by atoms with Gasteiger partial charge in [-0.15, -0.1) is 0 Å². The van der Waals surface area contributed by atoms with Crippen molar-refractivity contribution in [3.05, 3.63) is 56.8 Å². The Bertz CT molecular complexity index is 995. The topological polar surface area (TPSA) is 54.3 Å². The van der Waals surface area contributed by atoms with E-state index in [9.17, 15) is 9.59 Å². The number of thiocarbonyl (C=S) groups is 1. The van der Waals surface area contributed by atoms with Crippen LogP contribution >= 0.6 is 35.4 Å². The Morgan fingerprint density at radius 3 is 2.50 bits per heavy atom. The number of carbonyl (C=O) groups is 2. The number of amides is 2. The Kier molecular flexibility index (Phi) is 4.92. The van der Waals surface area contributed by atoms with Crippen LogP contribution in [-0.4, -0.2) is 21.5 Å². The Morgan fingerprint density at radius 1 is 1.19 bits per heavy atom. The number of nitrogens with zero attached hydrogens (tertiary/aromatic N) is 2. The van der Waals surface area contributed by atoms with Crippen LogP contribution in [-0.2, 0) is 16.6 Å². The van der Waals surface area contributed by atoms with Crippen LogP contribution in [0.3, 0.4) is 0 Å². The summed E-state index contributed by atoms with van der Waals surface area (Å²) in [4.78, 5) is 26.6. The van der Waals surface area contributed by atoms with Crippen LogP contribution in [0, 0.1) is 13.8 Å². The Hall–Kier alpha value is -2.15. The lowest BCUT2D eigenvalue weighted by molar-refractivity contribution is -0.122. The minimum atomic E-state index is -0.552. The minimum Gasteiger partial charge on any atom is -0.352 e. The first-order valence-electron chi connectivity index (χ1n) is 7.70. The maximum absolute atomic E-state index is 13.0. The van der Waals surface area contributed by atoms with E-state index in [2.05, 4.69) is 5.32 Å². The third-order valence-electron chi connectivity index (χ3n) is 4.39. The smallest absolute Gasteiger partial charge is 0.270 e. The predicted molar refractivity (Wildman–Crippen MR) is 108 cm³/mol. The normalized spacial score (nSPS) is 16.4. The van der Waals surface area contributed by atoms with Crippen LogP contribution in [0.4, 0.5) is 5.69 Å². The van der Waals surface area contributed by atoms with Crippen molar-refractivity contribution < 1.29 is 9.59 Å². The standard InChI is InChI=1S/C18H15Cl2N3O2S/c1-9-7-11(10(2)22(9)3)8-12-16(24)21-18(26)23(17(12)25)14-6-4-5-13(19)15(14)20/h4-8H,1-3H3,(H,21,24,26).